The van der Waals surface area contributed by atoms with Crippen LogP contribution in [0.1, 0.15) is 32.1 Å². The highest BCUT2D eigenvalue weighted by molar-refractivity contribution is 9.10. The van der Waals surface area contributed by atoms with Crippen LogP contribution >= 0.6 is 15.9 Å². The highest BCUT2D eigenvalue weighted by Gasteiger charge is 2.13. The third kappa shape index (κ3) is 3.08. The van der Waals surface area contributed by atoms with Crippen LogP contribution in [-0.4, -0.2) is 10.1 Å². The summed E-state index contributed by atoms with van der Waals surface area (Å²) < 4.78 is 0.878. The number of pyridine rings is 1. The molecule has 1 atom stereocenters. The first kappa shape index (κ1) is 10.7. The molecule has 0 aromatic carbocycles. The van der Waals surface area contributed by atoms with Crippen LogP contribution in [0.25, 0.3) is 0 Å². The van der Waals surface area contributed by atoms with Gasteiger partial charge in [-0.1, -0.05) is 13.8 Å². The van der Waals surface area contributed by atoms with Gasteiger partial charge < -0.3 is 5.11 Å². The predicted molar refractivity (Wildman–Crippen MR) is 56.4 cm³/mol. The maximum atomic E-state index is 9.78. The zero-order valence-electron chi connectivity index (χ0n) is 7.87. The monoisotopic (exact) mass is 243 g/mol. The highest BCUT2D eigenvalue weighted by atomic mass is 79.9. The fourth-order valence-corrected chi connectivity index (χ4v) is 1.72. The number of aliphatic hydroxyl groups excluding tert-OH is 1. The lowest BCUT2D eigenvalue weighted by Gasteiger charge is -2.13. The molecule has 0 saturated carbocycles. The third-order valence-electron chi connectivity index (χ3n) is 1.80. The predicted octanol–water partition coefficient (Wildman–Crippen LogP) is 2.92. The average Bonchev–Trinajstić information content (AvgIpc) is 2.03. The Morgan fingerprint density at radius 2 is 2.23 bits per heavy atom. The van der Waals surface area contributed by atoms with E-state index in [1.54, 1.807) is 6.20 Å². The Labute approximate surface area is 87.1 Å². The molecule has 0 radical (unpaired) electrons. The van der Waals surface area contributed by atoms with Crippen molar-refractivity contribution in [1.82, 2.24) is 4.98 Å². The molecule has 2 nitrogen and oxygen atoms in total. The van der Waals surface area contributed by atoms with Gasteiger partial charge in [-0.2, -0.15) is 0 Å². The normalized spacial score (nSPS) is 13.3. The van der Waals surface area contributed by atoms with Crippen LogP contribution in [0.2, 0.25) is 0 Å². The number of halogens is 1. The van der Waals surface area contributed by atoms with Crippen molar-refractivity contribution in [3.63, 3.8) is 0 Å². The van der Waals surface area contributed by atoms with Gasteiger partial charge in [0.1, 0.15) is 0 Å². The Hall–Kier alpha value is -0.410. The Balaban J connectivity index is 2.76. The summed E-state index contributed by atoms with van der Waals surface area (Å²) in [6, 6.07) is 3.74. The molecule has 0 aliphatic heterocycles. The molecule has 13 heavy (non-hydrogen) atoms. The second-order valence-electron chi connectivity index (χ2n) is 3.52. The van der Waals surface area contributed by atoms with Gasteiger partial charge in [0, 0.05) is 10.7 Å². The van der Waals surface area contributed by atoms with E-state index in [2.05, 4.69) is 34.8 Å². The van der Waals surface area contributed by atoms with Crippen molar-refractivity contribution >= 4 is 15.9 Å². The fourth-order valence-electron chi connectivity index (χ4n) is 1.20. The van der Waals surface area contributed by atoms with Crippen LogP contribution in [0.4, 0.5) is 0 Å². The van der Waals surface area contributed by atoms with Gasteiger partial charge in [0.15, 0.2) is 0 Å². The van der Waals surface area contributed by atoms with Gasteiger partial charge in [-0.05, 0) is 40.4 Å². The SMILES string of the molecule is CC(C)CC(O)c1ncccc1Br. The van der Waals surface area contributed by atoms with Crippen molar-refractivity contribution in [2.45, 2.75) is 26.4 Å². The molecule has 0 bridgehead atoms. The smallest absolute Gasteiger partial charge is 0.0973 e. The van der Waals surface area contributed by atoms with Crippen molar-refractivity contribution < 1.29 is 5.11 Å². The summed E-state index contributed by atoms with van der Waals surface area (Å²) in [5.41, 5.74) is 0.733. The number of rotatable bonds is 3. The van der Waals surface area contributed by atoms with Crippen LogP contribution in [0.3, 0.4) is 0 Å². The van der Waals surface area contributed by atoms with E-state index in [9.17, 15) is 5.11 Å². The summed E-state index contributed by atoms with van der Waals surface area (Å²) in [6.07, 6.45) is 1.98. The van der Waals surface area contributed by atoms with Gasteiger partial charge in [-0.3, -0.25) is 4.98 Å². The highest BCUT2D eigenvalue weighted by Crippen LogP contribution is 2.25. The molecule has 0 spiro atoms. The summed E-state index contributed by atoms with van der Waals surface area (Å²) in [4.78, 5) is 4.13. The Bertz CT molecular complexity index is 275. The number of hydrogen-bond acceptors (Lipinski definition) is 2. The lowest BCUT2D eigenvalue weighted by Crippen LogP contribution is -2.04. The largest absolute Gasteiger partial charge is 0.387 e. The quantitative estimate of drug-likeness (QED) is 0.886. The molecule has 3 heteroatoms. The van der Waals surface area contributed by atoms with Crippen LogP contribution in [0.15, 0.2) is 22.8 Å². The average molecular weight is 244 g/mol. The van der Waals surface area contributed by atoms with Crippen LogP contribution in [0.5, 0.6) is 0 Å². The molecule has 0 aliphatic carbocycles. The minimum Gasteiger partial charge on any atom is -0.387 e. The number of aliphatic hydroxyl groups is 1. The molecule has 0 saturated heterocycles. The van der Waals surface area contributed by atoms with Crippen molar-refractivity contribution in [2.75, 3.05) is 0 Å². The lowest BCUT2D eigenvalue weighted by atomic mass is 10.0. The molecule has 1 aromatic rings. The fraction of sp³-hybridized carbons (Fsp3) is 0.500. The zero-order chi connectivity index (χ0) is 9.84. The van der Waals surface area contributed by atoms with Gasteiger partial charge >= 0.3 is 0 Å². The van der Waals surface area contributed by atoms with E-state index in [0.29, 0.717) is 5.92 Å². The first-order chi connectivity index (χ1) is 6.11. The van der Waals surface area contributed by atoms with E-state index >= 15 is 0 Å². The van der Waals surface area contributed by atoms with E-state index in [-0.39, 0.29) is 0 Å². The van der Waals surface area contributed by atoms with Gasteiger partial charge in [0.25, 0.3) is 0 Å². The minimum atomic E-state index is -0.462. The molecule has 72 valence electrons. The number of hydrogen-bond donors (Lipinski definition) is 1. The van der Waals surface area contributed by atoms with Crippen LogP contribution < -0.4 is 0 Å². The van der Waals surface area contributed by atoms with Crippen molar-refractivity contribution in [2.24, 2.45) is 5.92 Å². The lowest BCUT2D eigenvalue weighted by molar-refractivity contribution is 0.146. The van der Waals surface area contributed by atoms with E-state index in [1.807, 2.05) is 12.1 Å². The van der Waals surface area contributed by atoms with Gasteiger partial charge in [-0.15, -0.1) is 0 Å². The Kier molecular flexibility index (Phi) is 3.88. The molecular formula is C10H14BrNO. The van der Waals surface area contributed by atoms with Crippen molar-refractivity contribution in [1.29, 1.82) is 0 Å². The first-order valence-corrected chi connectivity index (χ1v) is 5.19. The molecule has 1 N–H and O–H groups in total. The number of aromatic nitrogens is 1. The van der Waals surface area contributed by atoms with Crippen molar-refractivity contribution in [3.8, 4) is 0 Å². The summed E-state index contributed by atoms with van der Waals surface area (Å²) in [5.74, 6) is 0.476. The molecular weight excluding hydrogens is 230 g/mol. The molecule has 1 rings (SSSR count). The molecule has 0 aliphatic rings. The summed E-state index contributed by atoms with van der Waals surface area (Å²) >= 11 is 3.36. The van der Waals surface area contributed by atoms with Gasteiger partial charge in [0.05, 0.1) is 11.8 Å². The topological polar surface area (TPSA) is 33.1 Å². The van der Waals surface area contributed by atoms with E-state index < -0.39 is 6.10 Å². The maximum Gasteiger partial charge on any atom is 0.0973 e. The van der Waals surface area contributed by atoms with E-state index in [0.717, 1.165) is 16.6 Å². The second-order valence-corrected chi connectivity index (χ2v) is 4.37. The molecule has 0 fully saturated rings. The molecule has 1 aromatic heterocycles. The van der Waals surface area contributed by atoms with Gasteiger partial charge in [-0.25, -0.2) is 0 Å². The minimum absolute atomic E-state index is 0.462. The summed E-state index contributed by atoms with van der Waals surface area (Å²) in [6.45, 7) is 4.17. The molecule has 1 heterocycles. The zero-order valence-corrected chi connectivity index (χ0v) is 9.45. The molecule has 0 amide bonds. The number of nitrogens with zero attached hydrogens (tertiary/aromatic N) is 1. The second kappa shape index (κ2) is 4.72. The Morgan fingerprint density at radius 3 is 2.77 bits per heavy atom. The third-order valence-corrected chi connectivity index (χ3v) is 2.47. The van der Waals surface area contributed by atoms with Crippen LogP contribution in [-0.2, 0) is 0 Å². The maximum absolute atomic E-state index is 9.78. The van der Waals surface area contributed by atoms with E-state index in [4.69, 9.17) is 0 Å². The first-order valence-electron chi connectivity index (χ1n) is 4.39. The van der Waals surface area contributed by atoms with Crippen LogP contribution in [0, 0.1) is 5.92 Å². The summed E-state index contributed by atoms with van der Waals surface area (Å²) in [5, 5.41) is 9.78. The van der Waals surface area contributed by atoms with Gasteiger partial charge in [0.2, 0.25) is 0 Å². The van der Waals surface area contributed by atoms with E-state index in [1.165, 1.54) is 0 Å². The summed E-state index contributed by atoms with van der Waals surface area (Å²) in [7, 11) is 0. The van der Waals surface area contributed by atoms with Crippen molar-refractivity contribution in [3.05, 3.63) is 28.5 Å². The standard InChI is InChI=1S/C10H14BrNO/c1-7(2)6-9(13)10-8(11)4-3-5-12-10/h3-5,7,9,13H,6H2,1-2H3. The Morgan fingerprint density at radius 1 is 1.54 bits per heavy atom. The molecule has 1 unspecified atom stereocenters.